The van der Waals surface area contributed by atoms with E-state index in [1.807, 2.05) is 24.3 Å². The molecule has 0 heterocycles. The molecule has 0 atom stereocenters. The van der Waals surface area contributed by atoms with E-state index < -0.39 is 0 Å². The molecular weight excluding hydrogens is 326 g/mol. The van der Waals surface area contributed by atoms with Gasteiger partial charge in [0.05, 0.1) is 0 Å². The van der Waals surface area contributed by atoms with E-state index in [-0.39, 0.29) is 18.3 Å². The van der Waals surface area contributed by atoms with Gasteiger partial charge >= 0.3 is 0 Å². The van der Waals surface area contributed by atoms with Gasteiger partial charge in [0.1, 0.15) is 0 Å². The van der Waals surface area contributed by atoms with Crippen LogP contribution >= 0.6 is 35.0 Å². The standard InChI is InChI=1S/C10H13IN2O.ClH/c11-8-3-1-4-9(7-8)13-10(14)5-2-6-12;/h1,3-4,7H,2,5-6,12H2,(H,13,14);1H. The van der Waals surface area contributed by atoms with E-state index in [9.17, 15) is 4.79 Å². The van der Waals surface area contributed by atoms with Crippen molar-refractivity contribution in [3.8, 4) is 0 Å². The molecule has 0 saturated carbocycles. The number of nitrogens with one attached hydrogen (secondary N) is 1. The maximum absolute atomic E-state index is 11.3. The molecule has 1 aromatic carbocycles. The molecule has 3 nitrogen and oxygen atoms in total. The van der Waals surface area contributed by atoms with Crippen LogP contribution in [0.2, 0.25) is 0 Å². The number of rotatable bonds is 4. The number of carbonyl (C=O) groups excluding carboxylic acids is 1. The topological polar surface area (TPSA) is 55.1 Å². The summed E-state index contributed by atoms with van der Waals surface area (Å²) >= 11 is 2.21. The van der Waals surface area contributed by atoms with E-state index in [1.54, 1.807) is 0 Å². The zero-order valence-corrected chi connectivity index (χ0v) is 11.2. The summed E-state index contributed by atoms with van der Waals surface area (Å²) in [6.07, 6.45) is 1.22. The van der Waals surface area contributed by atoms with Crippen molar-refractivity contribution >= 4 is 46.6 Å². The summed E-state index contributed by atoms with van der Waals surface area (Å²) in [6, 6.07) is 7.71. The van der Waals surface area contributed by atoms with Crippen molar-refractivity contribution < 1.29 is 4.79 Å². The molecular formula is C10H14ClIN2O. The molecule has 1 aromatic rings. The van der Waals surface area contributed by atoms with Crippen LogP contribution in [0.15, 0.2) is 24.3 Å². The van der Waals surface area contributed by atoms with Crippen LogP contribution in [0.4, 0.5) is 5.69 Å². The second-order valence-corrected chi connectivity index (χ2v) is 4.20. The molecule has 0 aliphatic carbocycles. The number of carbonyl (C=O) groups is 1. The molecule has 5 heteroatoms. The summed E-state index contributed by atoms with van der Waals surface area (Å²) in [5.74, 6) is 0.0254. The van der Waals surface area contributed by atoms with E-state index in [0.29, 0.717) is 13.0 Å². The van der Waals surface area contributed by atoms with Gasteiger partial charge in [-0.3, -0.25) is 4.79 Å². The van der Waals surface area contributed by atoms with Crippen molar-refractivity contribution in [2.24, 2.45) is 5.73 Å². The number of halogens is 2. The molecule has 0 bridgehead atoms. The van der Waals surface area contributed by atoms with Crippen molar-refractivity contribution in [3.63, 3.8) is 0 Å². The zero-order chi connectivity index (χ0) is 10.4. The second kappa shape index (κ2) is 7.90. The number of amides is 1. The van der Waals surface area contributed by atoms with E-state index in [1.165, 1.54) is 0 Å². The highest BCUT2D eigenvalue weighted by molar-refractivity contribution is 14.1. The van der Waals surface area contributed by atoms with Gasteiger partial charge in [-0.15, -0.1) is 12.4 Å². The predicted molar refractivity (Wildman–Crippen MR) is 73.3 cm³/mol. The van der Waals surface area contributed by atoms with Crippen LogP contribution in [-0.4, -0.2) is 12.5 Å². The number of nitrogens with two attached hydrogens (primary N) is 1. The minimum absolute atomic E-state index is 0. The minimum Gasteiger partial charge on any atom is -0.330 e. The predicted octanol–water partition coefficient (Wildman–Crippen LogP) is 2.39. The van der Waals surface area contributed by atoms with Crippen molar-refractivity contribution in [2.75, 3.05) is 11.9 Å². The first-order chi connectivity index (χ1) is 6.72. The van der Waals surface area contributed by atoms with E-state index >= 15 is 0 Å². The molecule has 0 radical (unpaired) electrons. The third-order valence-corrected chi connectivity index (χ3v) is 2.39. The Labute approximate surface area is 109 Å². The lowest BCUT2D eigenvalue weighted by Crippen LogP contribution is -2.13. The van der Waals surface area contributed by atoms with Gasteiger partial charge in [-0.1, -0.05) is 6.07 Å². The molecule has 0 aliphatic rings. The first-order valence-corrected chi connectivity index (χ1v) is 5.56. The summed E-state index contributed by atoms with van der Waals surface area (Å²) in [4.78, 5) is 11.3. The molecule has 84 valence electrons. The van der Waals surface area contributed by atoms with Crippen molar-refractivity contribution in [1.29, 1.82) is 0 Å². The van der Waals surface area contributed by atoms with Crippen LogP contribution in [0.3, 0.4) is 0 Å². The Balaban J connectivity index is 0.00000196. The fourth-order valence-electron chi connectivity index (χ4n) is 1.05. The maximum Gasteiger partial charge on any atom is 0.224 e. The normalized spacial score (nSPS) is 9.20. The number of benzene rings is 1. The zero-order valence-electron chi connectivity index (χ0n) is 8.20. The van der Waals surface area contributed by atoms with Gasteiger partial charge < -0.3 is 11.1 Å². The number of hydrogen-bond acceptors (Lipinski definition) is 2. The lowest BCUT2D eigenvalue weighted by molar-refractivity contribution is -0.116. The Hall–Kier alpha value is -0.330. The average molecular weight is 341 g/mol. The minimum atomic E-state index is 0. The molecule has 15 heavy (non-hydrogen) atoms. The third-order valence-electron chi connectivity index (χ3n) is 1.72. The monoisotopic (exact) mass is 340 g/mol. The SMILES string of the molecule is Cl.NCCCC(=O)Nc1cccc(I)c1. The number of anilines is 1. The van der Waals surface area contributed by atoms with Gasteiger partial charge in [-0.2, -0.15) is 0 Å². The Bertz CT molecular complexity index is 320. The van der Waals surface area contributed by atoms with Gasteiger partial charge in [-0.05, 0) is 53.8 Å². The lowest BCUT2D eigenvalue weighted by Gasteiger charge is -2.04. The van der Waals surface area contributed by atoms with Crippen LogP contribution in [0.1, 0.15) is 12.8 Å². The molecule has 1 amide bonds. The Morgan fingerprint density at radius 2 is 2.20 bits per heavy atom. The lowest BCUT2D eigenvalue weighted by atomic mass is 10.2. The first kappa shape index (κ1) is 14.7. The molecule has 0 fully saturated rings. The molecule has 0 spiro atoms. The largest absolute Gasteiger partial charge is 0.330 e. The summed E-state index contributed by atoms with van der Waals surface area (Å²) in [5.41, 5.74) is 6.16. The summed E-state index contributed by atoms with van der Waals surface area (Å²) < 4.78 is 1.11. The Morgan fingerprint density at radius 3 is 2.80 bits per heavy atom. The fourth-order valence-corrected chi connectivity index (χ4v) is 1.60. The van der Waals surface area contributed by atoms with Gasteiger partial charge in [0, 0.05) is 15.7 Å². The maximum atomic E-state index is 11.3. The van der Waals surface area contributed by atoms with Crippen LogP contribution in [0, 0.1) is 3.57 Å². The summed E-state index contributed by atoms with van der Waals surface area (Å²) in [6.45, 7) is 0.555. The van der Waals surface area contributed by atoms with Gasteiger partial charge in [0.15, 0.2) is 0 Å². The van der Waals surface area contributed by atoms with E-state index in [2.05, 4.69) is 27.9 Å². The third kappa shape index (κ3) is 5.96. The second-order valence-electron chi connectivity index (χ2n) is 2.95. The van der Waals surface area contributed by atoms with Crippen molar-refractivity contribution in [1.82, 2.24) is 0 Å². The van der Waals surface area contributed by atoms with Gasteiger partial charge in [0.2, 0.25) is 5.91 Å². The number of hydrogen-bond donors (Lipinski definition) is 2. The molecule has 0 aromatic heterocycles. The molecule has 0 aliphatic heterocycles. The summed E-state index contributed by atoms with van der Waals surface area (Å²) in [7, 11) is 0. The molecule has 0 saturated heterocycles. The highest BCUT2D eigenvalue weighted by atomic mass is 127. The highest BCUT2D eigenvalue weighted by Crippen LogP contribution is 2.12. The van der Waals surface area contributed by atoms with Crippen LogP contribution in [0.25, 0.3) is 0 Å². The Kier molecular flexibility index (Phi) is 7.72. The molecule has 0 unspecified atom stereocenters. The van der Waals surface area contributed by atoms with Gasteiger partial charge in [0.25, 0.3) is 0 Å². The van der Waals surface area contributed by atoms with E-state index in [4.69, 9.17) is 5.73 Å². The quantitative estimate of drug-likeness (QED) is 0.827. The highest BCUT2D eigenvalue weighted by Gasteiger charge is 2.00. The molecule has 3 N–H and O–H groups in total. The van der Waals surface area contributed by atoms with Crippen LogP contribution < -0.4 is 11.1 Å². The Morgan fingerprint density at radius 1 is 1.47 bits per heavy atom. The van der Waals surface area contributed by atoms with Crippen LogP contribution in [-0.2, 0) is 4.79 Å². The van der Waals surface area contributed by atoms with Crippen LogP contribution in [0.5, 0.6) is 0 Å². The summed E-state index contributed by atoms with van der Waals surface area (Å²) in [5, 5.41) is 2.82. The van der Waals surface area contributed by atoms with Crippen molar-refractivity contribution in [3.05, 3.63) is 27.8 Å². The first-order valence-electron chi connectivity index (χ1n) is 4.48. The fraction of sp³-hybridized carbons (Fsp3) is 0.300. The smallest absolute Gasteiger partial charge is 0.224 e. The van der Waals surface area contributed by atoms with Crippen molar-refractivity contribution in [2.45, 2.75) is 12.8 Å². The average Bonchev–Trinajstić information content (AvgIpc) is 2.15. The molecule has 1 rings (SSSR count). The van der Waals surface area contributed by atoms with E-state index in [0.717, 1.165) is 15.7 Å². The van der Waals surface area contributed by atoms with Gasteiger partial charge in [-0.25, -0.2) is 0 Å².